The number of aromatic nitrogens is 3. The lowest BCUT2D eigenvalue weighted by Crippen LogP contribution is -2.08. The minimum absolute atomic E-state index is 0.0979. The van der Waals surface area contributed by atoms with Crippen molar-refractivity contribution in [1.82, 2.24) is 14.7 Å². The average Bonchev–Trinajstić information content (AvgIpc) is 3.18. The summed E-state index contributed by atoms with van der Waals surface area (Å²) in [5, 5.41) is 3.78. The standard InChI is InChI=1S/C18H18FN3O3/c1-4-22-11(2)9-15(12(22)3)18(23)24-10-16-20-17(25-21-16)13-5-7-14(19)8-6-13/h5-9H,4,10H2,1-3H3. The first-order valence-electron chi connectivity index (χ1n) is 7.92. The molecular weight excluding hydrogens is 325 g/mol. The van der Waals surface area contributed by atoms with E-state index >= 15 is 0 Å². The monoisotopic (exact) mass is 343 g/mol. The van der Waals surface area contributed by atoms with Gasteiger partial charge < -0.3 is 13.8 Å². The SMILES string of the molecule is CCn1c(C)cc(C(=O)OCc2noc(-c3ccc(F)cc3)n2)c1C. The number of benzene rings is 1. The molecule has 0 aliphatic carbocycles. The first-order chi connectivity index (χ1) is 12.0. The fourth-order valence-corrected chi connectivity index (χ4v) is 2.72. The van der Waals surface area contributed by atoms with E-state index in [4.69, 9.17) is 9.26 Å². The van der Waals surface area contributed by atoms with Crippen molar-refractivity contribution in [3.05, 3.63) is 58.9 Å². The molecule has 0 atom stereocenters. The minimum atomic E-state index is -0.430. The minimum Gasteiger partial charge on any atom is -0.454 e. The molecule has 0 fully saturated rings. The van der Waals surface area contributed by atoms with Crippen LogP contribution in [-0.4, -0.2) is 20.7 Å². The van der Waals surface area contributed by atoms with Crippen molar-refractivity contribution in [2.45, 2.75) is 33.9 Å². The van der Waals surface area contributed by atoms with Crippen LogP contribution in [0.15, 0.2) is 34.9 Å². The maximum atomic E-state index is 12.9. The maximum Gasteiger partial charge on any atom is 0.340 e. The number of halogens is 1. The summed E-state index contributed by atoms with van der Waals surface area (Å²) in [4.78, 5) is 16.4. The number of aryl methyl sites for hydroxylation is 1. The molecule has 3 rings (SSSR count). The number of rotatable bonds is 5. The van der Waals surface area contributed by atoms with E-state index in [0.29, 0.717) is 11.1 Å². The highest BCUT2D eigenvalue weighted by atomic mass is 19.1. The molecule has 0 N–H and O–H groups in total. The zero-order chi connectivity index (χ0) is 18.0. The second-order valence-electron chi connectivity index (χ2n) is 5.63. The lowest BCUT2D eigenvalue weighted by Gasteiger charge is -2.05. The zero-order valence-electron chi connectivity index (χ0n) is 14.2. The van der Waals surface area contributed by atoms with Gasteiger partial charge in [-0.25, -0.2) is 9.18 Å². The van der Waals surface area contributed by atoms with E-state index in [-0.39, 0.29) is 24.1 Å². The van der Waals surface area contributed by atoms with E-state index in [0.717, 1.165) is 17.9 Å². The van der Waals surface area contributed by atoms with E-state index in [1.807, 2.05) is 25.3 Å². The number of ether oxygens (including phenoxy) is 1. The van der Waals surface area contributed by atoms with Crippen LogP contribution in [0.5, 0.6) is 0 Å². The summed E-state index contributed by atoms with van der Waals surface area (Å²) in [5.41, 5.74) is 3.00. The number of carbonyl (C=O) groups excluding carboxylic acids is 1. The summed E-state index contributed by atoms with van der Waals surface area (Å²) in [6.07, 6.45) is 0. The Morgan fingerprint density at radius 3 is 2.64 bits per heavy atom. The summed E-state index contributed by atoms with van der Waals surface area (Å²) < 4.78 is 25.4. The highest BCUT2D eigenvalue weighted by Gasteiger charge is 2.17. The number of carbonyl (C=O) groups is 1. The van der Waals surface area contributed by atoms with Crippen molar-refractivity contribution in [2.24, 2.45) is 0 Å². The van der Waals surface area contributed by atoms with Gasteiger partial charge >= 0.3 is 5.97 Å². The van der Waals surface area contributed by atoms with Crippen molar-refractivity contribution in [3.8, 4) is 11.5 Å². The van der Waals surface area contributed by atoms with Crippen molar-refractivity contribution >= 4 is 5.97 Å². The second-order valence-corrected chi connectivity index (χ2v) is 5.63. The number of nitrogens with zero attached hydrogens (tertiary/aromatic N) is 3. The number of esters is 1. The fraction of sp³-hybridized carbons (Fsp3) is 0.278. The quantitative estimate of drug-likeness (QED) is 0.661. The van der Waals surface area contributed by atoms with E-state index in [1.54, 1.807) is 6.07 Å². The zero-order valence-corrected chi connectivity index (χ0v) is 14.2. The molecule has 7 heteroatoms. The van der Waals surface area contributed by atoms with Gasteiger partial charge in [0.05, 0.1) is 5.56 Å². The molecule has 0 spiro atoms. The van der Waals surface area contributed by atoms with Crippen molar-refractivity contribution in [1.29, 1.82) is 0 Å². The van der Waals surface area contributed by atoms with Gasteiger partial charge in [0.1, 0.15) is 5.82 Å². The van der Waals surface area contributed by atoms with Crippen LogP contribution in [0, 0.1) is 19.7 Å². The van der Waals surface area contributed by atoms with Crippen molar-refractivity contribution in [2.75, 3.05) is 0 Å². The first kappa shape index (κ1) is 16.9. The lowest BCUT2D eigenvalue weighted by atomic mass is 10.2. The largest absolute Gasteiger partial charge is 0.454 e. The van der Waals surface area contributed by atoms with Gasteiger partial charge in [-0.05, 0) is 51.1 Å². The molecule has 0 unspecified atom stereocenters. The Kier molecular flexibility index (Phi) is 4.65. The van der Waals surface area contributed by atoms with Gasteiger partial charge in [0.2, 0.25) is 5.82 Å². The summed E-state index contributed by atoms with van der Waals surface area (Å²) in [6.45, 7) is 6.54. The third-order valence-corrected chi connectivity index (χ3v) is 4.00. The third-order valence-electron chi connectivity index (χ3n) is 4.00. The molecule has 130 valence electrons. The molecule has 25 heavy (non-hydrogen) atoms. The normalized spacial score (nSPS) is 10.9. The Bertz CT molecular complexity index is 897. The van der Waals surface area contributed by atoms with Gasteiger partial charge in [-0.1, -0.05) is 5.16 Å². The molecule has 0 amide bonds. The lowest BCUT2D eigenvalue weighted by molar-refractivity contribution is 0.0458. The van der Waals surface area contributed by atoms with E-state index < -0.39 is 5.97 Å². The molecule has 0 saturated heterocycles. The molecule has 2 heterocycles. The molecule has 0 saturated carbocycles. The van der Waals surface area contributed by atoms with Gasteiger partial charge in [-0.3, -0.25) is 0 Å². The predicted octanol–water partition coefficient (Wildman–Crippen LogP) is 3.67. The Hall–Kier alpha value is -2.96. The second kappa shape index (κ2) is 6.88. The van der Waals surface area contributed by atoms with Crippen LogP contribution in [0.2, 0.25) is 0 Å². The Morgan fingerprint density at radius 2 is 2.00 bits per heavy atom. The van der Waals surface area contributed by atoms with Crippen molar-refractivity contribution < 1.29 is 18.4 Å². The highest BCUT2D eigenvalue weighted by Crippen LogP contribution is 2.19. The Morgan fingerprint density at radius 1 is 1.28 bits per heavy atom. The van der Waals surface area contributed by atoms with Crippen LogP contribution in [0.25, 0.3) is 11.5 Å². The average molecular weight is 343 g/mol. The summed E-state index contributed by atoms with van der Waals surface area (Å²) in [5.74, 6) is -0.282. The van der Waals surface area contributed by atoms with Crippen LogP contribution in [-0.2, 0) is 17.9 Å². The van der Waals surface area contributed by atoms with Crippen LogP contribution in [0.1, 0.15) is 34.5 Å². The van der Waals surface area contributed by atoms with E-state index in [9.17, 15) is 9.18 Å². The molecule has 6 nitrogen and oxygen atoms in total. The van der Waals surface area contributed by atoms with Crippen LogP contribution >= 0.6 is 0 Å². The first-order valence-corrected chi connectivity index (χ1v) is 7.92. The van der Waals surface area contributed by atoms with Crippen LogP contribution < -0.4 is 0 Å². The number of hydrogen-bond acceptors (Lipinski definition) is 5. The smallest absolute Gasteiger partial charge is 0.340 e. The van der Waals surface area contributed by atoms with Gasteiger partial charge in [0, 0.05) is 23.5 Å². The topological polar surface area (TPSA) is 70.2 Å². The van der Waals surface area contributed by atoms with Crippen LogP contribution in [0.4, 0.5) is 4.39 Å². The predicted molar refractivity (Wildman–Crippen MR) is 88.4 cm³/mol. The molecule has 3 aromatic rings. The highest BCUT2D eigenvalue weighted by molar-refractivity contribution is 5.91. The van der Waals surface area contributed by atoms with E-state index in [2.05, 4.69) is 10.1 Å². The van der Waals surface area contributed by atoms with Gasteiger partial charge in [0.15, 0.2) is 6.61 Å². The summed E-state index contributed by atoms with van der Waals surface area (Å²) in [6, 6.07) is 7.50. The fourth-order valence-electron chi connectivity index (χ4n) is 2.72. The molecule has 0 bridgehead atoms. The Balaban J connectivity index is 1.68. The molecule has 0 aliphatic heterocycles. The maximum absolute atomic E-state index is 12.9. The summed E-state index contributed by atoms with van der Waals surface area (Å²) >= 11 is 0. The molecule has 2 aromatic heterocycles. The van der Waals surface area contributed by atoms with Crippen LogP contribution in [0.3, 0.4) is 0 Å². The van der Waals surface area contributed by atoms with Gasteiger partial charge in [-0.2, -0.15) is 4.98 Å². The van der Waals surface area contributed by atoms with Gasteiger partial charge in [-0.15, -0.1) is 0 Å². The van der Waals surface area contributed by atoms with Crippen molar-refractivity contribution in [3.63, 3.8) is 0 Å². The molecule has 0 aliphatic rings. The summed E-state index contributed by atoms with van der Waals surface area (Å²) in [7, 11) is 0. The van der Waals surface area contributed by atoms with Gasteiger partial charge in [0.25, 0.3) is 5.89 Å². The Labute approximate surface area is 144 Å². The molecule has 1 aromatic carbocycles. The third kappa shape index (κ3) is 3.45. The molecule has 0 radical (unpaired) electrons. The number of hydrogen-bond donors (Lipinski definition) is 0. The molecular formula is C18H18FN3O3. The van der Waals surface area contributed by atoms with E-state index in [1.165, 1.54) is 24.3 Å².